The van der Waals surface area contributed by atoms with Gasteiger partial charge in [-0.05, 0) is 45.0 Å². The third-order valence-corrected chi connectivity index (χ3v) is 8.65. The molecule has 5 fully saturated rings. The third-order valence-electron chi connectivity index (χ3n) is 8.65. The van der Waals surface area contributed by atoms with Crippen molar-refractivity contribution in [1.29, 1.82) is 0 Å². The van der Waals surface area contributed by atoms with E-state index < -0.39 is 0 Å². The first kappa shape index (κ1) is 28.1. The second kappa shape index (κ2) is 11.2. The van der Waals surface area contributed by atoms with E-state index in [0.29, 0.717) is 24.5 Å². The molecule has 0 bridgehead atoms. The number of aromatic nitrogens is 6. The molecule has 38 heavy (non-hydrogen) atoms. The number of fused-ring (bicyclic) bond motifs is 1. The second-order valence-corrected chi connectivity index (χ2v) is 10.6. The Morgan fingerprint density at radius 1 is 0.947 bits per heavy atom. The van der Waals surface area contributed by atoms with Crippen molar-refractivity contribution in [3.8, 4) is 0 Å². The van der Waals surface area contributed by atoms with E-state index in [1.165, 1.54) is 24.3 Å². The SMILES string of the molecule is CC.CC.Cc1nc2nc(C3CCOC(c4cnn(C5CC5)c4)C3)nc([C-]3C4[CH-]C5[CH-]C3C54)c2nc1C.[Y+3]. The van der Waals surface area contributed by atoms with Gasteiger partial charge in [0.25, 0.3) is 0 Å². The van der Waals surface area contributed by atoms with Crippen molar-refractivity contribution >= 4 is 11.2 Å². The van der Waals surface area contributed by atoms with E-state index >= 15 is 0 Å². The molecule has 8 rings (SSSR count). The molecule has 0 spiro atoms. The molecule has 0 amide bonds. The molecule has 7 nitrogen and oxygen atoms in total. The van der Waals surface area contributed by atoms with E-state index in [4.69, 9.17) is 24.7 Å². The summed E-state index contributed by atoms with van der Waals surface area (Å²) in [6, 6.07) is 0.587. The van der Waals surface area contributed by atoms with Crippen LogP contribution in [-0.2, 0) is 37.4 Å². The fourth-order valence-corrected chi connectivity index (χ4v) is 6.34. The predicted octanol–water partition coefficient (Wildman–Crippen LogP) is 6.09. The molecule has 3 aromatic rings. The number of hydrogen-bond acceptors (Lipinski definition) is 6. The van der Waals surface area contributed by atoms with Crippen LogP contribution in [0.25, 0.3) is 11.2 Å². The zero-order chi connectivity index (χ0) is 25.8. The fraction of sp³-hybridized carbons (Fsp3) is 0.600. The topological polar surface area (TPSA) is 78.6 Å². The molecule has 0 radical (unpaired) electrons. The Labute approximate surface area is 252 Å². The summed E-state index contributed by atoms with van der Waals surface area (Å²) >= 11 is 0. The molecule has 1 saturated heterocycles. The van der Waals surface area contributed by atoms with E-state index in [-0.39, 0.29) is 44.7 Å². The van der Waals surface area contributed by atoms with Crippen molar-refractivity contribution in [2.45, 2.75) is 85.3 Å². The summed E-state index contributed by atoms with van der Waals surface area (Å²) < 4.78 is 8.28. The maximum Gasteiger partial charge on any atom is 3.00 e. The molecule has 5 aliphatic rings. The molecule has 0 aromatic carbocycles. The van der Waals surface area contributed by atoms with Crippen LogP contribution in [-0.4, -0.2) is 36.3 Å². The van der Waals surface area contributed by atoms with Gasteiger partial charge >= 0.3 is 32.7 Å². The van der Waals surface area contributed by atoms with Crippen LogP contribution in [0.2, 0.25) is 0 Å². The number of aryl methyl sites for hydroxylation is 2. The first-order valence-electron chi connectivity index (χ1n) is 14.4. The fourth-order valence-electron chi connectivity index (χ4n) is 6.34. The molecule has 4 saturated carbocycles. The molecule has 8 heteroatoms. The molecular formula is C30H39N6OY. The quantitative estimate of drug-likeness (QED) is 0.344. The average molecular weight is 589 g/mol. The van der Waals surface area contributed by atoms with E-state index in [1.807, 2.05) is 47.7 Å². The number of nitrogens with zero attached hydrogens (tertiary/aromatic N) is 6. The van der Waals surface area contributed by atoms with Gasteiger partial charge in [-0.3, -0.25) is 9.67 Å². The first-order valence-corrected chi connectivity index (χ1v) is 14.4. The number of rotatable bonds is 4. The van der Waals surface area contributed by atoms with Crippen molar-refractivity contribution in [1.82, 2.24) is 29.7 Å². The van der Waals surface area contributed by atoms with Crippen molar-refractivity contribution in [2.24, 2.45) is 23.7 Å². The van der Waals surface area contributed by atoms with E-state index in [9.17, 15) is 0 Å². The van der Waals surface area contributed by atoms with Crippen LogP contribution in [0.1, 0.15) is 99.9 Å². The van der Waals surface area contributed by atoms with E-state index in [2.05, 4.69) is 28.8 Å². The standard InChI is InChI=1S/C26H27N6O.2C2H6.Y/c1-12-13(2)29-26-24(28-12)23(22-18-7-15-8-19(22)21(15)18)30-25(31-26)14-5-6-33-20(9-14)16-10-27-32(11-16)17-3-4-17;2*1-2;/h7-8,10-11,14-15,17-21H,3-6,9H2,1-2H3;2*1-2H3;/q-3;;;+3. The normalized spacial score (nSPS) is 30.2. The Hall–Kier alpha value is -1.44. The van der Waals surface area contributed by atoms with Crippen molar-refractivity contribution in [2.75, 3.05) is 6.61 Å². The molecule has 0 N–H and O–H groups in total. The van der Waals surface area contributed by atoms with Crippen LogP contribution in [0.3, 0.4) is 0 Å². The van der Waals surface area contributed by atoms with Gasteiger partial charge in [0, 0.05) is 30.0 Å². The van der Waals surface area contributed by atoms with Crippen LogP contribution in [0.15, 0.2) is 12.4 Å². The summed E-state index contributed by atoms with van der Waals surface area (Å²) in [4.78, 5) is 20.0. The molecule has 4 heterocycles. The van der Waals surface area contributed by atoms with Gasteiger partial charge in [0.05, 0.1) is 24.0 Å². The zero-order valence-corrected chi connectivity index (χ0v) is 26.4. The smallest absolute Gasteiger partial charge is 0.373 e. The van der Waals surface area contributed by atoms with Gasteiger partial charge < -0.3 is 28.5 Å². The molecule has 1 aliphatic heterocycles. The van der Waals surface area contributed by atoms with Crippen LogP contribution in [0, 0.1) is 56.3 Å². The van der Waals surface area contributed by atoms with Crippen molar-refractivity contribution in [3.63, 3.8) is 0 Å². The minimum atomic E-state index is 0. The van der Waals surface area contributed by atoms with Crippen LogP contribution < -0.4 is 0 Å². The minimum absolute atomic E-state index is 0. The third kappa shape index (κ3) is 4.54. The monoisotopic (exact) mass is 588 g/mol. The van der Waals surface area contributed by atoms with Gasteiger partial charge in [-0.15, -0.1) is 0 Å². The van der Waals surface area contributed by atoms with E-state index in [1.54, 1.807) is 0 Å². The largest absolute Gasteiger partial charge is 3.00 e. The summed E-state index contributed by atoms with van der Waals surface area (Å²) in [5, 5.41) is 4.58. The molecule has 4 aliphatic carbocycles. The van der Waals surface area contributed by atoms with Crippen molar-refractivity contribution in [3.05, 3.63) is 59.6 Å². The predicted molar refractivity (Wildman–Crippen MR) is 143 cm³/mol. The minimum Gasteiger partial charge on any atom is -0.373 e. The molecule has 4 unspecified atom stereocenters. The Morgan fingerprint density at radius 2 is 1.66 bits per heavy atom. The Balaban J connectivity index is 0.000000564. The van der Waals surface area contributed by atoms with Gasteiger partial charge in [-0.25, -0.2) is 27.7 Å². The van der Waals surface area contributed by atoms with Crippen LogP contribution in [0.4, 0.5) is 0 Å². The van der Waals surface area contributed by atoms with Gasteiger partial charge in [0.15, 0.2) is 0 Å². The maximum atomic E-state index is 6.17. The summed E-state index contributed by atoms with van der Waals surface area (Å²) in [6.07, 6.45) is 13.4. The Morgan fingerprint density at radius 3 is 2.32 bits per heavy atom. The first-order chi connectivity index (χ1) is 18.1. The van der Waals surface area contributed by atoms with Gasteiger partial charge in [-0.2, -0.15) is 11.0 Å². The molecule has 198 valence electrons. The summed E-state index contributed by atoms with van der Waals surface area (Å²) in [5.74, 6) is 5.32. The average Bonchev–Trinajstić information content (AvgIpc) is 3.67. The number of hydrogen-bond donors (Lipinski definition) is 0. The summed E-state index contributed by atoms with van der Waals surface area (Å²) in [7, 11) is 0. The zero-order valence-electron chi connectivity index (χ0n) is 23.6. The van der Waals surface area contributed by atoms with Crippen LogP contribution >= 0.6 is 0 Å². The van der Waals surface area contributed by atoms with Crippen LogP contribution in [0.5, 0.6) is 0 Å². The second-order valence-electron chi connectivity index (χ2n) is 10.6. The maximum absolute atomic E-state index is 6.17. The Bertz CT molecular complexity index is 1280. The molecule has 4 atom stereocenters. The van der Waals surface area contributed by atoms with Crippen molar-refractivity contribution < 1.29 is 37.4 Å². The van der Waals surface area contributed by atoms with Gasteiger partial charge in [0.1, 0.15) is 11.5 Å². The summed E-state index contributed by atoms with van der Waals surface area (Å²) in [6.45, 7) is 12.8. The Kier molecular flexibility index (Phi) is 8.29. The summed E-state index contributed by atoms with van der Waals surface area (Å²) in [5.41, 5.74) is 5.75. The van der Waals surface area contributed by atoms with E-state index in [0.717, 1.165) is 58.7 Å². The van der Waals surface area contributed by atoms with Gasteiger partial charge in [-0.1, -0.05) is 33.4 Å². The number of ether oxygens (including phenoxy) is 1. The molecule has 3 aromatic heterocycles. The molecular weight excluding hydrogens is 549 g/mol. The van der Waals surface area contributed by atoms with Gasteiger partial charge in [0.2, 0.25) is 0 Å².